The molecule has 1 aliphatic rings. The highest BCUT2D eigenvalue weighted by molar-refractivity contribution is 5.97. The number of benzene rings is 1. The highest BCUT2D eigenvalue weighted by Gasteiger charge is 2.40. The number of halogens is 1. The van der Waals surface area contributed by atoms with Crippen molar-refractivity contribution in [3.05, 3.63) is 29.6 Å². The standard InChI is InChI=1S/C14H16FNO5/c1-20-8-6-10(14(18)19)16(7-8)13(17)9-4-3-5-11(21-2)12(9)15/h3-5,8,10H,6-7H2,1-2H3,(H,18,19). The maximum absolute atomic E-state index is 14.1. The molecule has 1 saturated heterocycles. The number of carboxylic acids is 1. The molecule has 0 aliphatic carbocycles. The van der Waals surface area contributed by atoms with E-state index in [1.807, 2.05) is 0 Å². The Kier molecular flexibility index (Phi) is 4.42. The summed E-state index contributed by atoms with van der Waals surface area (Å²) in [5, 5.41) is 9.19. The molecule has 1 aliphatic heterocycles. The van der Waals surface area contributed by atoms with Gasteiger partial charge in [-0.05, 0) is 12.1 Å². The van der Waals surface area contributed by atoms with Crippen LogP contribution in [0.3, 0.4) is 0 Å². The summed E-state index contributed by atoms with van der Waals surface area (Å²) >= 11 is 0. The Morgan fingerprint density at radius 2 is 2.10 bits per heavy atom. The van der Waals surface area contributed by atoms with E-state index in [2.05, 4.69) is 0 Å². The van der Waals surface area contributed by atoms with Gasteiger partial charge in [0.05, 0.1) is 18.8 Å². The van der Waals surface area contributed by atoms with E-state index in [1.54, 1.807) is 0 Å². The van der Waals surface area contributed by atoms with Crippen LogP contribution in [-0.4, -0.2) is 54.8 Å². The Hall–Kier alpha value is -2.15. The Balaban J connectivity index is 2.32. The molecule has 1 aromatic rings. The zero-order valence-corrected chi connectivity index (χ0v) is 11.7. The minimum absolute atomic E-state index is 0.0600. The molecule has 21 heavy (non-hydrogen) atoms. The predicted molar refractivity (Wildman–Crippen MR) is 70.8 cm³/mol. The summed E-state index contributed by atoms with van der Waals surface area (Å²) in [5.74, 6) is -2.67. The van der Waals surface area contributed by atoms with E-state index >= 15 is 0 Å². The van der Waals surface area contributed by atoms with E-state index in [0.717, 1.165) is 4.90 Å². The first kappa shape index (κ1) is 15.2. The zero-order valence-electron chi connectivity index (χ0n) is 11.7. The van der Waals surface area contributed by atoms with Crippen molar-refractivity contribution in [2.75, 3.05) is 20.8 Å². The van der Waals surface area contributed by atoms with Crippen molar-refractivity contribution in [1.82, 2.24) is 4.90 Å². The predicted octanol–water partition coefficient (Wildman–Crippen LogP) is 1.15. The number of hydrogen-bond acceptors (Lipinski definition) is 4. The van der Waals surface area contributed by atoms with Gasteiger partial charge in [0.1, 0.15) is 6.04 Å². The van der Waals surface area contributed by atoms with Gasteiger partial charge in [0.25, 0.3) is 5.91 Å². The average molecular weight is 297 g/mol. The number of likely N-dealkylation sites (tertiary alicyclic amines) is 1. The fourth-order valence-electron chi connectivity index (χ4n) is 2.42. The molecular weight excluding hydrogens is 281 g/mol. The van der Waals surface area contributed by atoms with Crippen LogP contribution < -0.4 is 4.74 Å². The van der Waals surface area contributed by atoms with Crippen LogP contribution in [0.4, 0.5) is 4.39 Å². The lowest BCUT2D eigenvalue weighted by atomic mass is 10.1. The largest absolute Gasteiger partial charge is 0.494 e. The molecular formula is C14H16FNO5. The molecule has 0 radical (unpaired) electrons. The molecule has 0 bridgehead atoms. The molecule has 7 heteroatoms. The van der Waals surface area contributed by atoms with Crippen LogP contribution in [-0.2, 0) is 9.53 Å². The number of rotatable bonds is 4. The minimum atomic E-state index is -1.13. The van der Waals surface area contributed by atoms with Crippen LogP contribution in [0.15, 0.2) is 18.2 Å². The lowest BCUT2D eigenvalue weighted by Crippen LogP contribution is -2.41. The molecule has 2 rings (SSSR count). The van der Waals surface area contributed by atoms with Gasteiger partial charge in [0.2, 0.25) is 0 Å². The van der Waals surface area contributed by atoms with Gasteiger partial charge < -0.3 is 19.5 Å². The first-order chi connectivity index (χ1) is 9.99. The smallest absolute Gasteiger partial charge is 0.326 e. The maximum Gasteiger partial charge on any atom is 0.326 e. The number of carbonyl (C=O) groups is 2. The molecule has 0 saturated carbocycles. The molecule has 2 atom stereocenters. The monoisotopic (exact) mass is 297 g/mol. The number of hydrogen-bond donors (Lipinski definition) is 1. The van der Waals surface area contributed by atoms with Crippen molar-refractivity contribution in [2.45, 2.75) is 18.6 Å². The van der Waals surface area contributed by atoms with Gasteiger partial charge in [-0.3, -0.25) is 4.79 Å². The topological polar surface area (TPSA) is 76.1 Å². The Labute approximate surface area is 121 Å². The fourth-order valence-corrected chi connectivity index (χ4v) is 2.42. The van der Waals surface area contributed by atoms with Gasteiger partial charge in [0.15, 0.2) is 11.6 Å². The van der Waals surface area contributed by atoms with Crippen molar-refractivity contribution in [3.63, 3.8) is 0 Å². The molecule has 1 amide bonds. The number of nitrogens with zero attached hydrogens (tertiary/aromatic N) is 1. The van der Waals surface area contributed by atoms with Crippen LogP contribution in [0.1, 0.15) is 16.8 Å². The van der Waals surface area contributed by atoms with E-state index < -0.39 is 23.7 Å². The lowest BCUT2D eigenvalue weighted by Gasteiger charge is -2.21. The SMILES string of the molecule is COc1cccc(C(=O)N2CC(OC)CC2C(=O)O)c1F. The zero-order chi connectivity index (χ0) is 15.6. The molecule has 6 nitrogen and oxygen atoms in total. The van der Waals surface area contributed by atoms with Crippen LogP contribution in [0.5, 0.6) is 5.75 Å². The highest BCUT2D eigenvalue weighted by atomic mass is 19.1. The third-order valence-corrected chi connectivity index (χ3v) is 3.56. The van der Waals surface area contributed by atoms with Gasteiger partial charge in [-0.15, -0.1) is 0 Å². The quantitative estimate of drug-likeness (QED) is 0.902. The normalized spacial score (nSPS) is 21.4. The van der Waals surface area contributed by atoms with Gasteiger partial charge in [-0.2, -0.15) is 0 Å². The van der Waals surface area contributed by atoms with Crippen LogP contribution in [0.25, 0.3) is 0 Å². The molecule has 0 aromatic heterocycles. The molecule has 1 aromatic carbocycles. The summed E-state index contributed by atoms with van der Waals surface area (Å²) in [7, 11) is 2.74. The second-order valence-electron chi connectivity index (χ2n) is 4.73. The van der Waals surface area contributed by atoms with Gasteiger partial charge in [-0.25, -0.2) is 9.18 Å². The summed E-state index contributed by atoms with van der Waals surface area (Å²) in [6.07, 6.45) is -0.188. The maximum atomic E-state index is 14.1. The van der Waals surface area contributed by atoms with Crippen molar-refractivity contribution in [2.24, 2.45) is 0 Å². The van der Waals surface area contributed by atoms with Gasteiger partial charge in [-0.1, -0.05) is 6.07 Å². The number of aliphatic carboxylic acids is 1. The third kappa shape index (κ3) is 2.82. The van der Waals surface area contributed by atoms with Crippen LogP contribution >= 0.6 is 0 Å². The number of amides is 1. The van der Waals surface area contributed by atoms with E-state index in [0.29, 0.717) is 0 Å². The van der Waals surface area contributed by atoms with E-state index in [-0.39, 0.29) is 30.4 Å². The average Bonchev–Trinajstić information content (AvgIpc) is 2.91. The number of methoxy groups -OCH3 is 2. The van der Waals surface area contributed by atoms with Crippen molar-refractivity contribution in [3.8, 4) is 5.75 Å². The minimum Gasteiger partial charge on any atom is -0.494 e. The Bertz CT molecular complexity index is 562. The summed E-state index contributed by atoms with van der Waals surface area (Å²) in [4.78, 5) is 24.8. The Morgan fingerprint density at radius 3 is 2.67 bits per heavy atom. The number of ether oxygens (including phenoxy) is 2. The summed E-state index contributed by atoms with van der Waals surface area (Å²) in [6, 6.07) is 3.16. The number of carbonyl (C=O) groups excluding carboxylic acids is 1. The second kappa shape index (κ2) is 6.09. The molecule has 1 fully saturated rings. The highest BCUT2D eigenvalue weighted by Crippen LogP contribution is 2.26. The van der Waals surface area contributed by atoms with E-state index in [9.17, 15) is 19.1 Å². The van der Waals surface area contributed by atoms with Crippen molar-refractivity contribution < 1.29 is 28.6 Å². The first-order valence-corrected chi connectivity index (χ1v) is 6.38. The van der Waals surface area contributed by atoms with Crippen molar-refractivity contribution >= 4 is 11.9 Å². The second-order valence-corrected chi connectivity index (χ2v) is 4.73. The van der Waals surface area contributed by atoms with Crippen LogP contribution in [0.2, 0.25) is 0 Å². The Morgan fingerprint density at radius 1 is 1.38 bits per heavy atom. The summed E-state index contributed by atoms with van der Waals surface area (Å²) < 4.78 is 24.1. The van der Waals surface area contributed by atoms with Gasteiger partial charge >= 0.3 is 5.97 Å². The molecule has 1 N–H and O–H groups in total. The molecule has 0 spiro atoms. The van der Waals surface area contributed by atoms with E-state index in [4.69, 9.17) is 9.47 Å². The summed E-state index contributed by atoms with van der Waals surface area (Å²) in [5.41, 5.74) is -0.211. The number of carboxylic acid groups (broad SMARTS) is 1. The molecule has 114 valence electrons. The fraction of sp³-hybridized carbons (Fsp3) is 0.429. The molecule has 1 heterocycles. The summed E-state index contributed by atoms with van der Waals surface area (Å²) in [6.45, 7) is 0.114. The van der Waals surface area contributed by atoms with E-state index in [1.165, 1.54) is 32.4 Å². The first-order valence-electron chi connectivity index (χ1n) is 6.38. The molecule has 2 unspecified atom stereocenters. The van der Waals surface area contributed by atoms with Crippen molar-refractivity contribution in [1.29, 1.82) is 0 Å². The van der Waals surface area contributed by atoms with Gasteiger partial charge in [0, 0.05) is 20.1 Å². The lowest BCUT2D eigenvalue weighted by molar-refractivity contribution is -0.141. The third-order valence-electron chi connectivity index (χ3n) is 3.56. The van der Waals surface area contributed by atoms with Crippen LogP contribution in [0, 0.1) is 5.82 Å².